The van der Waals surface area contributed by atoms with Crippen LogP contribution in [0.1, 0.15) is 79.6 Å². The average molecular weight is 295 g/mol. The van der Waals surface area contributed by atoms with Gasteiger partial charge in [0.05, 0.1) is 0 Å². The molecule has 0 saturated carbocycles. The Hall–Kier alpha value is -1.25. The fourth-order valence-electron chi connectivity index (χ4n) is 1.85. The Morgan fingerprint density at radius 2 is 1.81 bits per heavy atom. The third-order valence-corrected chi connectivity index (χ3v) is 2.94. The van der Waals surface area contributed by atoms with Crippen molar-refractivity contribution in [1.29, 1.82) is 0 Å². The number of rotatable bonds is 9. The van der Waals surface area contributed by atoms with Crippen LogP contribution in [0.4, 0.5) is 4.79 Å². The van der Waals surface area contributed by atoms with Gasteiger partial charge in [-0.05, 0) is 46.5 Å². The highest BCUT2D eigenvalue weighted by atomic mass is 16.6. The first-order chi connectivity index (χ1) is 9.89. The minimum Gasteiger partial charge on any atom is -0.444 e. The Labute approximate surface area is 130 Å². The van der Waals surface area contributed by atoms with Gasteiger partial charge in [0.25, 0.3) is 0 Å². The van der Waals surface area contributed by atoms with Crippen molar-refractivity contribution < 1.29 is 9.53 Å². The van der Waals surface area contributed by atoms with E-state index in [0.29, 0.717) is 0 Å². The van der Waals surface area contributed by atoms with Crippen LogP contribution in [-0.4, -0.2) is 11.7 Å². The molecule has 122 valence electrons. The molecule has 0 fully saturated rings. The summed E-state index contributed by atoms with van der Waals surface area (Å²) in [5, 5.41) is 2.65. The molecule has 21 heavy (non-hydrogen) atoms. The maximum atomic E-state index is 11.5. The normalized spacial score (nSPS) is 12.7. The lowest BCUT2D eigenvalue weighted by Crippen LogP contribution is -2.29. The van der Waals surface area contributed by atoms with Crippen molar-refractivity contribution >= 4 is 6.09 Å². The SMILES string of the molecule is CCCC/C=C(/C/C=C/NC(=O)OC(C)(C)C)CCCC. The van der Waals surface area contributed by atoms with E-state index in [1.54, 1.807) is 6.20 Å². The second kappa shape index (κ2) is 11.4. The average Bonchev–Trinajstić information content (AvgIpc) is 2.38. The summed E-state index contributed by atoms with van der Waals surface area (Å²) in [5.74, 6) is 0. The van der Waals surface area contributed by atoms with Gasteiger partial charge < -0.3 is 4.74 Å². The predicted octanol–water partition coefficient (Wildman–Crippen LogP) is 5.72. The minimum absolute atomic E-state index is 0.399. The maximum absolute atomic E-state index is 11.5. The molecule has 0 aliphatic rings. The van der Waals surface area contributed by atoms with E-state index in [-0.39, 0.29) is 0 Å². The number of alkyl carbamates (subject to hydrolysis) is 1. The van der Waals surface area contributed by atoms with Crippen molar-refractivity contribution in [2.45, 2.75) is 85.2 Å². The van der Waals surface area contributed by atoms with E-state index in [1.807, 2.05) is 26.8 Å². The number of nitrogens with one attached hydrogen (secondary N) is 1. The van der Waals surface area contributed by atoms with Crippen molar-refractivity contribution in [2.75, 3.05) is 0 Å². The van der Waals surface area contributed by atoms with Gasteiger partial charge in [-0.1, -0.05) is 50.8 Å². The highest BCUT2D eigenvalue weighted by molar-refractivity contribution is 5.68. The highest BCUT2D eigenvalue weighted by Gasteiger charge is 2.14. The lowest BCUT2D eigenvalue weighted by molar-refractivity contribution is 0.0552. The molecule has 0 aliphatic carbocycles. The lowest BCUT2D eigenvalue weighted by Gasteiger charge is -2.18. The van der Waals surface area contributed by atoms with Crippen molar-refractivity contribution in [3.05, 3.63) is 23.9 Å². The van der Waals surface area contributed by atoms with Gasteiger partial charge in [-0.3, -0.25) is 5.32 Å². The van der Waals surface area contributed by atoms with Crippen LogP contribution >= 0.6 is 0 Å². The van der Waals surface area contributed by atoms with Crippen LogP contribution < -0.4 is 5.32 Å². The van der Waals surface area contributed by atoms with Gasteiger partial charge in [0.15, 0.2) is 0 Å². The third kappa shape index (κ3) is 13.5. The number of ether oxygens (including phenoxy) is 1. The molecule has 0 aromatic carbocycles. The molecule has 0 spiro atoms. The minimum atomic E-state index is -0.454. The lowest BCUT2D eigenvalue weighted by atomic mass is 10.0. The van der Waals surface area contributed by atoms with E-state index in [0.717, 1.165) is 19.3 Å². The summed E-state index contributed by atoms with van der Waals surface area (Å²) in [4.78, 5) is 11.5. The summed E-state index contributed by atoms with van der Waals surface area (Å²) < 4.78 is 5.17. The molecule has 0 saturated heterocycles. The molecule has 0 rings (SSSR count). The molecule has 0 bridgehead atoms. The molecule has 3 heteroatoms. The number of allylic oxidation sites excluding steroid dienone is 3. The van der Waals surface area contributed by atoms with E-state index < -0.39 is 11.7 Å². The summed E-state index contributed by atoms with van der Waals surface area (Å²) in [5.41, 5.74) is 1.01. The van der Waals surface area contributed by atoms with Crippen molar-refractivity contribution in [3.8, 4) is 0 Å². The number of hydrogen-bond acceptors (Lipinski definition) is 2. The Bertz CT molecular complexity index is 338. The smallest absolute Gasteiger partial charge is 0.411 e. The van der Waals surface area contributed by atoms with E-state index in [1.165, 1.54) is 31.3 Å². The van der Waals surface area contributed by atoms with Gasteiger partial charge in [-0.15, -0.1) is 0 Å². The summed E-state index contributed by atoms with van der Waals surface area (Å²) in [7, 11) is 0. The van der Waals surface area contributed by atoms with Gasteiger partial charge >= 0.3 is 6.09 Å². The summed E-state index contributed by atoms with van der Waals surface area (Å²) in [6, 6.07) is 0. The largest absolute Gasteiger partial charge is 0.444 e. The van der Waals surface area contributed by atoms with Crippen LogP contribution in [0.25, 0.3) is 0 Å². The quantitative estimate of drug-likeness (QED) is 0.436. The van der Waals surface area contributed by atoms with E-state index >= 15 is 0 Å². The molecular weight excluding hydrogens is 262 g/mol. The second-order valence-corrected chi connectivity index (χ2v) is 6.36. The first-order valence-corrected chi connectivity index (χ1v) is 8.21. The van der Waals surface area contributed by atoms with Gasteiger partial charge in [0.1, 0.15) is 5.60 Å². The standard InChI is InChI=1S/C18H33NO2/c1-6-8-10-13-16(12-9-7-2)14-11-15-19-17(20)21-18(3,4)5/h11,13,15H,6-10,12,14H2,1-5H3,(H,19,20)/b15-11+,16-13+. The highest BCUT2D eigenvalue weighted by Crippen LogP contribution is 2.14. The van der Waals surface area contributed by atoms with Crippen molar-refractivity contribution in [2.24, 2.45) is 0 Å². The number of carbonyl (C=O) groups excluding carboxylic acids is 1. The van der Waals surface area contributed by atoms with E-state index in [2.05, 4.69) is 25.2 Å². The Morgan fingerprint density at radius 3 is 2.38 bits per heavy atom. The zero-order valence-corrected chi connectivity index (χ0v) is 14.5. The number of hydrogen-bond donors (Lipinski definition) is 1. The fraction of sp³-hybridized carbons (Fsp3) is 0.722. The molecule has 0 unspecified atom stereocenters. The van der Waals surface area contributed by atoms with Crippen LogP contribution in [0.3, 0.4) is 0 Å². The zero-order valence-electron chi connectivity index (χ0n) is 14.5. The van der Waals surface area contributed by atoms with Gasteiger partial charge in [0.2, 0.25) is 0 Å². The molecule has 0 aliphatic heterocycles. The molecule has 0 heterocycles. The summed E-state index contributed by atoms with van der Waals surface area (Å²) in [6.07, 6.45) is 13.8. The molecule has 0 radical (unpaired) electrons. The van der Waals surface area contributed by atoms with Gasteiger partial charge in [0, 0.05) is 6.20 Å². The van der Waals surface area contributed by atoms with Crippen LogP contribution in [0.2, 0.25) is 0 Å². The first kappa shape index (κ1) is 19.8. The molecule has 3 nitrogen and oxygen atoms in total. The molecule has 1 amide bonds. The van der Waals surface area contributed by atoms with Crippen molar-refractivity contribution in [3.63, 3.8) is 0 Å². The monoisotopic (exact) mass is 295 g/mol. The zero-order chi connectivity index (χ0) is 16.1. The number of carbonyl (C=O) groups is 1. The maximum Gasteiger partial charge on any atom is 0.411 e. The molecular formula is C18H33NO2. The fourth-order valence-corrected chi connectivity index (χ4v) is 1.85. The van der Waals surface area contributed by atoms with E-state index in [9.17, 15) is 4.79 Å². The van der Waals surface area contributed by atoms with Crippen LogP contribution in [0.5, 0.6) is 0 Å². The molecule has 0 aromatic rings. The van der Waals surface area contributed by atoms with Gasteiger partial charge in [-0.2, -0.15) is 0 Å². The van der Waals surface area contributed by atoms with Crippen LogP contribution in [0.15, 0.2) is 23.9 Å². The van der Waals surface area contributed by atoms with Crippen molar-refractivity contribution in [1.82, 2.24) is 5.32 Å². The summed E-state index contributed by atoms with van der Waals surface area (Å²) in [6.45, 7) is 9.99. The Morgan fingerprint density at radius 1 is 1.14 bits per heavy atom. The molecule has 0 atom stereocenters. The number of amides is 1. The van der Waals surface area contributed by atoms with Gasteiger partial charge in [-0.25, -0.2) is 4.79 Å². The first-order valence-electron chi connectivity index (χ1n) is 8.21. The van der Waals surface area contributed by atoms with E-state index in [4.69, 9.17) is 4.74 Å². The van der Waals surface area contributed by atoms with Crippen LogP contribution in [0, 0.1) is 0 Å². The predicted molar refractivity (Wildman–Crippen MR) is 90.3 cm³/mol. The number of unbranched alkanes of at least 4 members (excludes halogenated alkanes) is 3. The summed E-state index contributed by atoms with van der Waals surface area (Å²) >= 11 is 0. The molecule has 0 aromatic heterocycles. The van der Waals surface area contributed by atoms with Crippen LogP contribution in [-0.2, 0) is 4.74 Å². The Kier molecular flexibility index (Phi) is 10.7. The third-order valence-electron chi connectivity index (χ3n) is 2.94. The molecule has 1 N–H and O–H groups in total. The Balaban J connectivity index is 4.17. The second-order valence-electron chi connectivity index (χ2n) is 6.36. The topological polar surface area (TPSA) is 38.3 Å².